The molecule has 146 valence electrons. The third-order valence-electron chi connectivity index (χ3n) is 4.63. The number of hydrogen-bond donors (Lipinski definition) is 1. The second-order valence-corrected chi connectivity index (χ2v) is 6.74. The van der Waals surface area contributed by atoms with E-state index in [0.717, 1.165) is 5.69 Å². The van der Waals surface area contributed by atoms with E-state index in [1.165, 1.54) is 13.8 Å². The quantitative estimate of drug-likeness (QED) is 0.815. The number of hydrogen-bond acceptors (Lipinski definition) is 6. The Labute approximate surface area is 163 Å². The fourth-order valence-electron chi connectivity index (χ4n) is 3.06. The molecule has 8 nitrogen and oxygen atoms in total. The summed E-state index contributed by atoms with van der Waals surface area (Å²) in [6.07, 6.45) is 0. The van der Waals surface area contributed by atoms with E-state index in [2.05, 4.69) is 15.3 Å². The van der Waals surface area contributed by atoms with Crippen LogP contribution < -0.4 is 5.32 Å². The Morgan fingerprint density at radius 3 is 2.11 bits per heavy atom. The summed E-state index contributed by atoms with van der Waals surface area (Å²) in [6.45, 7) is 6.80. The molecule has 8 heteroatoms. The Balaban J connectivity index is 1.73. The highest BCUT2D eigenvalue weighted by atomic mass is 16.2. The van der Waals surface area contributed by atoms with Gasteiger partial charge in [0.05, 0.1) is 0 Å². The lowest BCUT2D eigenvalue weighted by Gasteiger charge is -2.34. The molecule has 0 radical (unpaired) electrons. The molecule has 1 aromatic carbocycles. The lowest BCUT2D eigenvalue weighted by Crippen LogP contribution is -2.50. The van der Waals surface area contributed by atoms with E-state index in [0.29, 0.717) is 49.1 Å². The fraction of sp³-hybridized carbons (Fsp3) is 0.350. The number of aryl methyl sites for hydroxylation is 1. The van der Waals surface area contributed by atoms with Crippen LogP contribution in [0, 0.1) is 6.92 Å². The number of Topliss-reactive ketones (excluding diaryl/α,β-unsaturated/α-hetero) is 1. The normalized spacial score (nSPS) is 14.0. The van der Waals surface area contributed by atoms with E-state index in [-0.39, 0.29) is 17.6 Å². The smallest absolute Gasteiger partial charge is 0.272 e. The minimum absolute atomic E-state index is 0.00202. The van der Waals surface area contributed by atoms with Crippen molar-refractivity contribution in [1.82, 2.24) is 19.8 Å². The number of anilines is 2. The Hall–Kier alpha value is -3.29. The number of nitrogens with one attached hydrogen (secondary N) is 1. The second-order valence-electron chi connectivity index (χ2n) is 6.74. The second kappa shape index (κ2) is 8.16. The first-order valence-electron chi connectivity index (χ1n) is 9.12. The molecule has 0 bridgehead atoms. The highest BCUT2D eigenvalue weighted by Crippen LogP contribution is 2.18. The van der Waals surface area contributed by atoms with Crippen LogP contribution in [0.2, 0.25) is 0 Å². The average Bonchev–Trinajstić information content (AvgIpc) is 2.67. The highest BCUT2D eigenvalue weighted by Gasteiger charge is 2.24. The number of ketones is 1. The first kappa shape index (κ1) is 19.5. The van der Waals surface area contributed by atoms with Crippen molar-refractivity contribution in [2.75, 3.05) is 31.5 Å². The van der Waals surface area contributed by atoms with Gasteiger partial charge in [-0.15, -0.1) is 0 Å². The van der Waals surface area contributed by atoms with E-state index < -0.39 is 0 Å². The molecular formula is C20H23N5O3. The van der Waals surface area contributed by atoms with Gasteiger partial charge in [-0.1, -0.05) is 0 Å². The van der Waals surface area contributed by atoms with Crippen LogP contribution in [0.5, 0.6) is 0 Å². The number of piperazine rings is 1. The maximum atomic E-state index is 12.8. The lowest BCUT2D eigenvalue weighted by atomic mass is 10.1. The number of nitrogens with zero attached hydrogens (tertiary/aromatic N) is 4. The fourth-order valence-corrected chi connectivity index (χ4v) is 3.06. The molecule has 2 heterocycles. The molecule has 0 spiro atoms. The van der Waals surface area contributed by atoms with Gasteiger partial charge >= 0.3 is 0 Å². The number of aromatic nitrogens is 2. The van der Waals surface area contributed by atoms with Crippen molar-refractivity contribution in [2.45, 2.75) is 20.8 Å². The summed E-state index contributed by atoms with van der Waals surface area (Å²) in [7, 11) is 0. The van der Waals surface area contributed by atoms with E-state index >= 15 is 0 Å². The van der Waals surface area contributed by atoms with E-state index in [9.17, 15) is 14.4 Å². The first-order chi connectivity index (χ1) is 13.3. The zero-order valence-corrected chi connectivity index (χ0v) is 16.2. The predicted molar refractivity (Wildman–Crippen MR) is 105 cm³/mol. The van der Waals surface area contributed by atoms with Gasteiger partial charge in [-0.2, -0.15) is 0 Å². The molecule has 0 saturated carbocycles. The van der Waals surface area contributed by atoms with Gasteiger partial charge in [-0.25, -0.2) is 9.97 Å². The SMILES string of the molecule is CC(=O)c1ccc(Nc2cc(C(=O)N3CCN(C(C)=O)CC3)nc(C)n2)cc1. The summed E-state index contributed by atoms with van der Waals surface area (Å²) in [5.74, 6) is 0.836. The number of amides is 2. The molecule has 0 unspecified atom stereocenters. The van der Waals surface area contributed by atoms with E-state index in [4.69, 9.17) is 0 Å². The number of rotatable bonds is 4. The molecule has 2 amide bonds. The predicted octanol–water partition coefficient (Wildman–Crippen LogP) is 2.04. The summed E-state index contributed by atoms with van der Waals surface area (Å²) >= 11 is 0. The molecule has 1 aliphatic heterocycles. The number of benzene rings is 1. The first-order valence-corrected chi connectivity index (χ1v) is 9.12. The maximum Gasteiger partial charge on any atom is 0.272 e. The third kappa shape index (κ3) is 4.51. The summed E-state index contributed by atoms with van der Waals surface area (Å²) in [6, 6.07) is 8.66. The Morgan fingerprint density at radius 2 is 1.54 bits per heavy atom. The Morgan fingerprint density at radius 1 is 0.929 bits per heavy atom. The lowest BCUT2D eigenvalue weighted by molar-refractivity contribution is -0.130. The van der Waals surface area contributed by atoms with Crippen molar-refractivity contribution in [3.63, 3.8) is 0 Å². The summed E-state index contributed by atoms with van der Waals surface area (Å²) < 4.78 is 0. The molecule has 1 aliphatic rings. The van der Waals surface area contributed by atoms with Gasteiger partial charge in [-0.05, 0) is 38.1 Å². The van der Waals surface area contributed by atoms with Gasteiger partial charge in [-0.3, -0.25) is 14.4 Å². The molecule has 1 fully saturated rings. The topological polar surface area (TPSA) is 95.5 Å². The van der Waals surface area contributed by atoms with Gasteiger partial charge in [0, 0.05) is 50.4 Å². The van der Waals surface area contributed by atoms with E-state index in [1.54, 1.807) is 47.1 Å². The molecule has 1 aromatic heterocycles. The van der Waals surface area contributed by atoms with Crippen LogP contribution in [0.4, 0.5) is 11.5 Å². The monoisotopic (exact) mass is 381 g/mol. The van der Waals surface area contributed by atoms with Gasteiger partial charge in [0.25, 0.3) is 5.91 Å². The Kier molecular flexibility index (Phi) is 5.67. The van der Waals surface area contributed by atoms with Crippen molar-refractivity contribution < 1.29 is 14.4 Å². The highest BCUT2D eigenvalue weighted by molar-refractivity contribution is 5.94. The zero-order chi connectivity index (χ0) is 20.3. The molecular weight excluding hydrogens is 358 g/mol. The Bertz CT molecular complexity index is 903. The van der Waals surface area contributed by atoms with Crippen molar-refractivity contribution in [2.24, 2.45) is 0 Å². The van der Waals surface area contributed by atoms with Gasteiger partial charge < -0.3 is 15.1 Å². The molecule has 1 saturated heterocycles. The van der Waals surface area contributed by atoms with Crippen LogP contribution in [0.25, 0.3) is 0 Å². The molecule has 0 aliphatic carbocycles. The summed E-state index contributed by atoms with van der Waals surface area (Å²) in [5.41, 5.74) is 1.70. The summed E-state index contributed by atoms with van der Waals surface area (Å²) in [5, 5.41) is 3.15. The molecule has 1 N–H and O–H groups in total. The van der Waals surface area contributed by atoms with Crippen molar-refractivity contribution in [1.29, 1.82) is 0 Å². The molecule has 28 heavy (non-hydrogen) atoms. The average molecular weight is 381 g/mol. The summed E-state index contributed by atoms with van der Waals surface area (Å²) in [4.78, 5) is 47.7. The van der Waals surface area contributed by atoms with E-state index in [1.807, 2.05) is 0 Å². The van der Waals surface area contributed by atoms with Crippen molar-refractivity contribution in [3.8, 4) is 0 Å². The standard InChI is InChI=1S/C20H23N5O3/c1-13(26)16-4-6-17(7-5-16)23-19-12-18(21-14(2)22-19)20(28)25-10-8-24(9-11-25)15(3)27/h4-7,12H,8-11H2,1-3H3,(H,21,22,23). The van der Waals surface area contributed by atoms with Crippen LogP contribution in [-0.2, 0) is 4.79 Å². The molecule has 0 atom stereocenters. The number of carbonyl (C=O) groups is 3. The van der Waals surface area contributed by atoms with Gasteiger partial charge in [0.2, 0.25) is 5.91 Å². The van der Waals surface area contributed by atoms with Crippen LogP contribution in [0.1, 0.15) is 40.5 Å². The van der Waals surface area contributed by atoms with Gasteiger partial charge in [0.1, 0.15) is 17.3 Å². The molecule has 2 aromatic rings. The minimum atomic E-state index is -0.177. The van der Waals surface area contributed by atoms with Crippen LogP contribution in [-0.4, -0.2) is 63.5 Å². The van der Waals surface area contributed by atoms with Crippen LogP contribution in [0.15, 0.2) is 30.3 Å². The number of carbonyl (C=O) groups excluding carboxylic acids is 3. The maximum absolute atomic E-state index is 12.8. The largest absolute Gasteiger partial charge is 0.340 e. The van der Waals surface area contributed by atoms with Crippen molar-refractivity contribution in [3.05, 3.63) is 47.4 Å². The van der Waals surface area contributed by atoms with Crippen LogP contribution >= 0.6 is 0 Å². The molecule has 3 rings (SSSR count). The minimum Gasteiger partial charge on any atom is -0.340 e. The van der Waals surface area contributed by atoms with Crippen LogP contribution in [0.3, 0.4) is 0 Å². The third-order valence-corrected chi connectivity index (χ3v) is 4.63. The van der Waals surface area contributed by atoms with Gasteiger partial charge in [0.15, 0.2) is 5.78 Å². The van der Waals surface area contributed by atoms with Crippen molar-refractivity contribution >= 4 is 29.1 Å². The zero-order valence-electron chi connectivity index (χ0n) is 16.2.